The van der Waals surface area contributed by atoms with Crippen molar-refractivity contribution in [3.63, 3.8) is 0 Å². The summed E-state index contributed by atoms with van der Waals surface area (Å²) in [5.41, 5.74) is 2.61. The van der Waals surface area contributed by atoms with E-state index in [2.05, 4.69) is 56.0 Å². The highest BCUT2D eigenvalue weighted by molar-refractivity contribution is 14.0. The molecule has 3 rings (SSSR count). The Bertz CT molecular complexity index is 724. The topological polar surface area (TPSA) is 64.7 Å². The maximum absolute atomic E-state index is 5.17. The molecule has 3 N–H and O–H groups in total. The van der Waals surface area contributed by atoms with Gasteiger partial charge in [-0.1, -0.05) is 18.2 Å². The summed E-state index contributed by atoms with van der Waals surface area (Å²) in [6.45, 7) is 5.02. The average molecular weight is 499 g/mol. The Balaban J connectivity index is 0.00000280. The predicted octanol–water partition coefficient (Wildman–Crippen LogP) is 2.99. The Hall–Kier alpha value is -1.32. The first-order valence-corrected chi connectivity index (χ1v) is 10.0. The number of methoxy groups -OCH3 is 1. The molecule has 1 fully saturated rings. The quantitative estimate of drug-likeness (QED) is 0.226. The van der Waals surface area contributed by atoms with Gasteiger partial charge in [-0.2, -0.15) is 0 Å². The number of para-hydroxylation sites is 1. The lowest BCUT2D eigenvalue weighted by Gasteiger charge is -2.32. The van der Waals surface area contributed by atoms with E-state index in [1.165, 1.54) is 16.5 Å². The molecule has 0 atom stereocenters. The van der Waals surface area contributed by atoms with Crippen LogP contribution in [0.1, 0.15) is 24.8 Å². The van der Waals surface area contributed by atoms with Crippen molar-refractivity contribution < 1.29 is 4.74 Å². The number of likely N-dealkylation sites (tertiary alicyclic amines) is 1. The Morgan fingerprint density at radius 3 is 2.82 bits per heavy atom. The zero-order chi connectivity index (χ0) is 18.9. The van der Waals surface area contributed by atoms with Crippen molar-refractivity contribution >= 4 is 40.8 Å². The lowest BCUT2D eigenvalue weighted by atomic mass is 10.1. The molecule has 2 heterocycles. The highest BCUT2D eigenvalue weighted by Crippen LogP contribution is 2.18. The number of nitrogens with zero attached hydrogens (tertiary/aromatic N) is 2. The molecular formula is C21H34IN5O. The second-order valence-corrected chi connectivity index (χ2v) is 7.22. The zero-order valence-electron chi connectivity index (χ0n) is 17.0. The number of aromatic amines is 1. The molecule has 1 aliphatic heterocycles. The highest BCUT2D eigenvalue weighted by Gasteiger charge is 2.19. The first kappa shape index (κ1) is 23.0. The minimum Gasteiger partial charge on any atom is -0.383 e. The van der Waals surface area contributed by atoms with Gasteiger partial charge in [-0.3, -0.25) is 4.99 Å². The van der Waals surface area contributed by atoms with E-state index >= 15 is 0 Å². The number of benzene rings is 1. The number of rotatable bonds is 8. The minimum absolute atomic E-state index is 0. The van der Waals surface area contributed by atoms with E-state index < -0.39 is 0 Å². The molecule has 1 aromatic carbocycles. The molecule has 0 saturated carbocycles. The van der Waals surface area contributed by atoms with Crippen LogP contribution >= 0.6 is 24.0 Å². The maximum atomic E-state index is 5.17. The van der Waals surface area contributed by atoms with Crippen molar-refractivity contribution in [2.75, 3.05) is 46.9 Å². The first-order valence-electron chi connectivity index (χ1n) is 10.0. The van der Waals surface area contributed by atoms with Crippen LogP contribution in [0.5, 0.6) is 0 Å². The smallest absolute Gasteiger partial charge is 0.191 e. The second-order valence-electron chi connectivity index (χ2n) is 7.22. The zero-order valence-corrected chi connectivity index (χ0v) is 19.4. The van der Waals surface area contributed by atoms with Crippen LogP contribution in [0.25, 0.3) is 10.9 Å². The molecule has 0 unspecified atom stereocenters. The molecule has 0 spiro atoms. The van der Waals surface area contributed by atoms with E-state index in [-0.39, 0.29) is 24.0 Å². The van der Waals surface area contributed by atoms with Crippen LogP contribution in [0.15, 0.2) is 35.5 Å². The molecule has 28 heavy (non-hydrogen) atoms. The number of hydrogen-bond acceptors (Lipinski definition) is 3. The summed E-state index contributed by atoms with van der Waals surface area (Å²) in [7, 11) is 3.62. The van der Waals surface area contributed by atoms with Gasteiger partial charge in [0.1, 0.15) is 0 Å². The largest absolute Gasteiger partial charge is 0.383 e. The Labute approximate surface area is 185 Å². The van der Waals surface area contributed by atoms with Gasteiger partial charge in [0, 0.05) is 63.5 Å². The fraction of sp³-hybridized carbons (Fsp3) is 0.571. The van der Waals surface area contributed by atoms with E-state index in [0.29, 0.717) is 6.04 Å². The maximum Gasteiger partial charge on any atom is 0.191 e. The van der Waals surface area contributed by atoms with Crippen molar-refractivity contribution in [3.05, 3.63) is 36.0 Å². The summed E-state index contributed by atoms with van der Waals surface area (Å²) in [4.78, 5) is 10.2. The Morgan fingerprint density at radius 2 is 2.07 bits per heavy atom. The summed E-state index contributed by atoms with van der Waals surface area (Å²) >= 11 is 0. The highest BCUT2D eigenvalue weighted by atomic mass is 127. The number of halogens is 1. The Morgan fingerprint density at radius 1 is 1.29 bits per heavy atom. The van der Waals surface area contributed by atoms with Gasteiger partial charge in [-0.15, -0.1) is 24.0 Å². The predicted molar refractivity (Wildman–Crippen MR) is 128 cm³/mol. The lowest BCUT2D eigenvalue weighted by Crippen LogP contribution is -2.49. The number of H-pyrrole nitrogens is 1. The number of fused-ring (bicyclic) bond motifs is 1. The van der Waals surface area contributed by atoms with Crippen molar-refractivity contribution in [2.45, 2.75) is 31.7 Å². The number of hydrogen-bond donors (Lipinski definition) is 3. The summed E-state index contributed by atoms with van der Waals surface area (Å²) in [6.07, 6.45) is 6.58. The fourth-order valence-electron chi connectivity index (χ4n) is 3.73. The number of aromatic nitrogens is 1. The third-order valence-electron chi connectivity index (χ3n) is 5.35. The summed E-state index contributed by atoms with van der Waals surface area (Å²) in [5, 5.41) is 8.38. The molecule has 1 aliphatic rings. The normalized spacial score (nSPS) is 16.1. The van der Waals surface area contributed by atoms with Crippen molar-refractivity contribution in [1.29, 1.82) is 0 Å². The number of guanidine groups is 1. The monoisotopic (exact) mass is 499 g/mol. The summed E-state index contributed by atoms with van der Waals surface area (Å²) in [6, 6.07) is 8.99. The number of ether oxygens (including phenoxy) is 1. The van der Waals surface area contributed by atoms with Crippen LogP contribution in [0, 0.1) is 0 Å². The average Bonchev–Trinajstić information content (AvgIpc) is 3.13. The number of nitrogens with one attached hydrogen (secondary N) is 3. The van der Waals surface area contributed by atoms with Gasteiger partial charge in [0.25, 0.3) is 0 Å². The number of aryl methyl sites for hydroxylation is 1. The van der Waals surface area contributed by atoms with E-state index in [4.69, 9.17) is 4.74 Å². The van der Waals surface area contributed by atoms with E-state index in [1.807, 2.05) is 7.05 Å². The molecule has 6 nitrogen and oxygen atoms in total. The van der Waals surface area contributed by atoms with Gasteiger partial charge >= 0.3 is 0 Å². The van der Waals surface area contributed by atoms with Crippen LogP contribution in [0.2, 0.25) is 0 Å². The fourth-order valence-corrected chi connectivity index (χ4v) is 3.73. The van der Waals surface area contributed by atoms with Gasteiger partial charge in [-0.05, 0) is 37.3 Å². The molecule has 1 aromatic heterocycles. The van der Waals surface area contributed by atoms with Gasteiger partial charge in [0.05, 0.1) is 6.61 Å². The van der Waals surface area contributed by atoms with Gasteiger partial charge in [0.2, 0.25) is 0 Å². The van der Waals surface area contributed by atoms with Gasteiger partial charge in [-0.25, -0.2) is 0 Å². The number of piperidine rings is 1. The van der Waals surface area contributed by atoms with Crippen molar-refractivity contribution in [3.8, 4) is 0 Å². The van der Waals surface area contributed by atoms with Crippen LogP contribution in [0.4, 0.5) is 0 Å². The van der Waals surface area contributed by atoms with Crippen molar-refractivity contribution in [2.24, 2.45) is 4.99 Å². The standard InChI is InChI=1S/C21H33N5O.HI/c1-22-21(25-18-9-12-26(13-10-18)14-15-27-2)23-11-5-6-17-16-24-20-8-4-3-7-19(17)20;/h3-4,7-8,16,18,24H,5-6,9-15H2,1-2H3,(H2,22,23,25);1H. The van der Waals surface area contributed by atoms with Crippen molar-refractivity contribution in [1.82, 2.24) is 20.5 Å². The first-order chi connectivity index (χ1) is 13.3. The molecule has 0 bridgehead atoms. The summed E-state index contributed by atoms with van der Waals surface area (Å²) in [5.74, 6) is 0.921. The van der Waals surface area contributed by atoms with E-state index in [9.17, 15) is 0 Å². The molecule has 0 amide bonds. The van der Waals surface area contributed by atoms with E-state index in [1.54, 1.807) is 7.11 Å². The second kappa shape index (κ2) is 12.3. The molecular weight excluding hydrogens is 465 g/mol. The van der Waals surface area contributed by atoms with Crippen LogP contribution in [-0.2, 0) is 11.2 Å². The van der Waals surface area contributed by atoms with Gasteiger partial charge in [0.15, 0.2) is 5.96 Å². The Kier molecular flexibility index (Phi) is 10.1. The lowest BCUT2D eigenvalue weighted by molar-refractivity contribution is 0.128. The molecule has 0 radical (unpaired) electrons. The van der Waals surface area contributed by atoms with E-state index in [0.717, 1.165) is 64.4 Å². The summed E-state index contributed by atoms with van der Waals surface area (Å²) < 4.78 is 5.17. The van der Waals surface area contributed by atoms with Crippen LogP contribution in [-0.4, -0.2) is 68.8 Å². The third kappa shape index (κ3) is 6.63. The molecule has 2 aromatic rings. The van der Waals surface area contributed by atoms with Crippen LogP contribution < -0.4 is 10.6 Å². The SMILES string of the molecule is CN=C(NCCCc1c[nH]c2ccccc12)NC1CCN(CCOC)CC1.I. The molecule has 0 aliphatic carbocycles. The minimum atomic E-state index is 0. The third-order valence-corrected chi connectivity index (χ3v) is 5.35. The van der Waals surface area contributed by atoms with Gasteiger partial charge < -0.3 is 25.3 Å². The van der Waals surface area contributed by atoms with Crippen LogP contribution in [0.3, 0.4) is 0 Å². The number of aliphatic imine (C=N–C) groups is 1. The molecule has 1 saturated heterocycles. The molecule has 7 heteroatoms. The molecule has 156 valence electrons.